The second-order valence-corrected chi connectivity index (χ2v) is 5.56. The lowest BCUT2D eigenvalue weighted by Crippen LogP contribution is -2.22. The third kappa shape index (κ3) is 2.64. The first-order valence-corrected chi connectivity index (χ1v) is 7.48. The smallest absolute Gasteiger partial charge is 0.205 e. The molecule has 0 aliphatic carbocycles. The Labute approximate surface area is 145 Å². The van der Waals surface area contributed by atoms with Gasteiger partial charge in [-0.25, -0.2) is 0 Å². The lowest BCUT2D eigenvalue weighted by atomic mass is 9.83. The molecule has 3 rings (SSSR count). The monoisotopic (exact) mass is 338 g/mol. The summed E-state index contributed by atoms with van der Waals surface area (Å²) >= 11 is 0. The summed E-state index contributed by atoms with van der Waals surface area (Å²) in [5.41, 5.74) is 20.3. The summed E-state index contributed by atoms with van der Waals surface area (Å²) in [6.07, 6.45) is 0. The number of rotatable bonds is 3. The van der Waals surface area contributed by atoms with Crippen molar-refractivity contribution < 1.29 is 14.2 Å². The molecule has 128 valence electrons. The quantitative estimate of drug-likeness (QED) is 0.730. The Hall–Kier alpha value is -3.53. The summed E-state index contributed by atoms with van der Waals surface area (Å²) in [5.74, 6) is 1.09. The number of hydrogen-bond donors (Lipinski definition) is 3. The molecule has 0 saturated heterocycles. The largest absolute Gasteiger partial charge is 0.497 e. The zero-order chi connectivity index (χ0) is 18.1. The maximum absolute atomic E-state index is 9.61. The van der Waals surface area contributed by atoms with E-state index < -0.39 is 5.92 Å². The summed E-state index contributed by atoms with van der Waals surface area (Å²) < 4.78 is 16.2. The number of nitriles is 1. The number of nitrogens with two attached hydrogens (primary N) is 3. The Balaban J connectivity index is 2.28. The predicted molar refractivity (Wildman–Crippen MR) is 94.1 cm³/mol. The van der Waals surface area contributed by atoms with Crippen LogP contribution in [0.25, 0.3) is 0 Å². The van der Waals surface area contributed by atoms with E-state index in [2.05, 4.69) is 6.07 Å². The van der Waals surface area contributed by atoms with Gasteiger partial charge in [-0.15, -0.1) is 0 Å². The Morgan fingerprint density at radius 1 is 1.04 bits per heavy atom. The first kappa shape index (κ1) is 16.3. The van der Waals surface area contributed by atoms with Crippen LogP contribution in [0.5, 0.6) is 17.2 Å². The molecule has 1 aliphatic rings. The van der Waals surface area contributed by atoms with Gasteiger partial charge >= 0.3 is 0 Å². The van der Waals surface area contributed by atoms with E-state index in [1.54, 1.807) is 32.4 Å². The fourth-order valence-electron chi connectivity index (χ4n) is 2.90. The molecule has 0 bridgehead atoms. The van der Waals surface area contributed by atoms with Crippen LogP contribution >= 0.6 is 0 Å². The average molecular weight is 338 g/mol. The van der Waals surface area contributed by atoms with E-state index in [1.807, 2.05) is 12.1 Å². The summed E-state index contributed by atoms with van der Waals surface area (Å²) in [4.78, 5) is 0. The predicted octanol–water partition coefficient (Wildman–Crippen LogP) is 2.09. The molecule has 0 saturated carbocycles. The number of allylic oxidation sites excluding steroid dienone is 1. The SMILES string of the molecule is COc1cc(OC)cc(C2C(C#N)=C(N)Oc3c2ccc(N)c3N)c1. The van der Waals surface area contributed by atoms with E-state index in [0.717, 1.165) is 5.56 Å². The van der Waals surface area contributed by atoms with E-state index in [9.17, 15) is 5.26 Å². The topological polar surface area (TPSA) is 130 Å². The lowest BCUT2D eigenvalue weighted by Gasteiger charge is -2.28. The van der Waals surface area contributed by atoms with Gasteiger partial charge in [0.25, 0.3) is 0 Å². The fourth-order valence-corrected chi connectivity index (χ4v) is 2.90. The van der Waals surface area contributed by atoms with E-state index in [0.29, 0.717) is 28.5 Å². The van der Waals surface area contributed by atoms with Gasteiger partial charge < -0.3 is 31.4 Å². The number of nitrogens with zero attached hydrogens (tertiary/aromatic N) is 1. The van der Waals surface area contributed by atoms with Gasteiger partial charge in [-0.05, 0) is 23.8 Å². The van der Waals surface area contributed by atoms with Crippen LogP contribution in [0.2, 0.25) is 0 Å². The highest BCUT2D eigenvalue weighted by molar-refractivity contribution is 5.76. The van der Waals surface area contributed by atoms with Gasteiger partial charge in [-0.2, -0.15) is 5.26 Å². The molecule has 6 N–H and O–H groups in total. The molecule has 7 nitrogen and oxygen atoms in total. The molecule has 1 aliphatic heterocycles. The summed E-state index contributed by atoms with van der Waals surface area (Å²) in [7, 11) is 3.12. The number of anilines is 2. The Morgan fingerprint density at radius 2 is 1.68 bits per heavy atom. The van der Waals surface area contributed by atoms with Crippen molar-refractivity contribution in [1.82, 2.24) is 0 Å². The van der Waals surface area contributed by atoms with Crippen LogP contribution in [0.15, 0.2) is 41.8 Å². The molecule has 1 atom stereocenters. The lowest BCUT2D eigenvalue weighted by molar-refractivity contribution is 0.388. The number of fused-ring (bicyclic) bond motifs is 1. The minimum Gasteiger partial charge on any atom is -0.497 e. The van der Waals surface area contributed by atoms with Gasteiger partial charge in [-0.1, -0.05) is 6.07 Å². The highest BCUT2D eigenvalue weighted by Crippen LogP contribution is 2.47. The van der Waals surface area contributed by atoms with Crippen molar-refractivity contribution in [3.8, 4) is 23.3 Å². The second-order valence-electron chi connectivity index (χ2n) is 5.56. The number of benzene rings is 2. The molecule has 0 aromatic heterocycles. The molecular formula is C18H18N4O3. The molecule has 0 amide bonds. The zero-order valence-corrected chi connectivity index (χ0v) is 13.9. The van der Waals surface area contributed by atoms with Crippen LogP contribution in [0.3, 0.4) is 0 Å². The Morgan fingerprint density at radius 3 is 2.24 bits per heavy atom. The molecule has 2 aromatic rings. The van der Waals surface area contributed by atoms with Gasteiger partial charge in [0.05, 0.1) is 31.5 Å². The average Bonchev–Trinajstić information content (AvgIpc) is 2.63. The van der Waals surface area contributed by atoms with Crippen molar-refractivity contribution in [2.45, 2.75) is 5.92 Å². The van der Waals surface area contributed by atoms with Crippen LogP contribution in [0.4, 0.5) is 11.4 Å². The summed E-state index contributed by atoms with van der Waals surface area (Å²) in [5, 5.41) is 9.61. The molecule has 0 spiro atoms. The van der Waals surface area contributed by atoms with Gasteiger partial charge in [-0.3, -0.25) is 0 Å². The molecule has 7 heteroatoms. The second kappa shape index (κ2) is 6.17. The van der Waals surface area contributed by atoms with E-state index >= 15 is 0 Å². The van der Waals surface area contributed by atoms with Crippen LogP contribution in [-0.4, -0.2) is 14.2 Å². The van der Waals surface area contributed by atoms with Gasteiger partial charge in [0.15, 0.2) is 5.75 Å². The zero-order valence-electron chi connectivity index (χ0n) is 13.9. The highest BCUT2D eigenvalue weighted by atomic mass is 16.5. The molecule has 2 aromatic carbocycles. The molecule has 1 heterocycles. The first-order chi connectivity index (χ1) is 12.0. The third-order valence-electron chi connectivity index (χ3n) is 4.16. The summed E-state index contributed by atoms with van der Waals surface area (Å²) in [6, 6.07) is 11.0. The number of ether oxygens (including phenoxy) is 3. The van der Waals surface area contributed by atoms with Gasteiger partial charge in [0.2, 0.25) is 5.88 Å². The molecule has 1 unspecified atom stereocenters. The standard InChI is InChI=1S/C18H18N4O3/c1-23-10-5-9(6-11(7-10)24-2)15-12-3-4-14(20)16(21)17(12)25-18(22)13(15)8-19/h3-7,15H,20-22H2,1-2H3. The van der Waals surface area contributed by atoms with Crippen molar-refractivity contribution in [3.63, 3.8) is 0 Å². The van der Waals surface area contributed by atoms with Crippen molar-refractivity contribution in [2.75, 3.05) is 25.7 Å². The van der Waals surface area contributed by atoms with Gasteiger partial charge in [0, 0.05) is 11.6 Å². The van der Waals surface area contributed by atoms with E-state index in [4.69, 9.17) is 31.4 Å². The van der Waals surface area contributed by atoms with Gasteiger partial charge in [0.1, 0.15) is 23.1 Å². The highest BCUT2D eigenvalue weighted by Gasteiger charge is 2.32. The minimum atomic E-state index is -0.472. The number of methoxy groups -OCH3 is 2. The van der Waals surface area contributed by atoms with Crippen LogP contribution in [0.1, 0.15) is 17.0 Å². The Kier molecular flexibility index (Phi) is 4.03. The third-order valence-corrected chi connectivity index (χ3v) is 4.16. The minimum absolute atomic E-state index is 0.000846. The van der Waals surface area contributed by atoms with E-state index in [-0.39, 0.29) is 17.1 Å². The van der Waals surface area contributed by atoms with Crippen molar-refractivity contribution in [3.05, 3.63) is 52.9 Å². The maximum atomic E-state index is 9.61. The maximum Gasteiger partial charge on any atom is 0.205 e. The van der Waals surface area contributed by atoms with Crippen molar-refractivity contribution in [2.24, 2.45) is 5.73 Å². The van der Waals surface area contributed by atoms with Crippen LogP contribution in [0, 0.1) is 11.3 Å². The van der Waals surface area contributed by atoms with Crippen molar-refractivity contribution >= 4 is 11.4 Å². The molecule has 0 radical (unpaired) electrons. The normalized spacial score (nSPS) is 15.8. The van der Waals surface area contributed by atoms with Crippen LogP contribution < -0.4 is 31.4 Å². The Bertz CT molecular complexity index is 893. The van der Waals surface area contributed by atoms with Crippen molar-refractivity contribution in [1.29, 1.82) is 5.26 Å². The number of nitrogen functional groups attached to an aromatic ring is 2. The first-order valence-electron chi connectivity index (χ1n) is 7.48. The molecular weight excluding hydrogens is 320 g/mol. The molecule has 25 heavy (non-hydrogen) atoms. The van der Waals surface area contributed by atoms with Crippen LogP contribution in [-0.2, 0) is 0 Å². The number of hydrogen-bond acceptors (Lipinski definition) is 7. The summed E-state index contributed by atoms with van der Waals surface area (Å²) in [6.45, 7) is 0. The van der Waals surface area contributed by atoms with E-state index in [1.165, 1.54) is 0 Å². The fraction of sp³-hybridized carbons (Fsp3) is 0.167. The molecule has 0 fully saturated rings.